The van der Waals surface area contributed by atoms with E-state index in [0.29, 0.717) is 17.9 Å². The fourth-order valence-corrected chi connectivity index (χ4v) is 3.27. The Hall–Kier alpha value is -3.26. The van der Waals surface area contributed by atoms with Crippen molar-refractivity contribution in [2.75, 3.05) is 25.8 Å². The number of carbonyl (C=O) groups excluding carboxylic acids is 2. The lowest BCUT2D eigenvalue weighted by Crippen LogP contribution is -2.31. The maximum Gasteiger partial charge on any atom is 0.282 e. The van der Waals surface area contributed by atoms with Gasteiger partial charge < -0.3 is 4.90 Å². The third kappa shape index (κ3) is 4.65. The molecule has 0 spiro atoms. The molecule has 0 fully saturated rings. The van der Waals surface area contributed by atoms with Gasteiger partial charge in [0.2, 0.25) is 0 Å². The highest BCUT2D eigenvalue weighted by molar-refractivity contribution is 6.10. The highest BCUT2D eigenvalue weighted by Crippen LogP contribution is 2.29. The first kappa shape index (κ1) is 21.4. The van der Waals surface area contributed by atoms with E-state index in [-0.39, 0.29) is 11.5 Å². The monoisotopic (exact) mass is 407 g/mol. The van der Waals surface area contributed by atoms with Crippen molar-refractivity contribution in [3.8, 4) is 0 Å². The normalized spacial score (nSPS) is 11.0. The Bertz CT molecular complexity index is 1050. The number of hydrogen-bond donors (Lipinski definition) is 2. The summed E-state index contributed by atoms with van der Waals surface area (Å²) < 4.78 is 0. The molecular weight excluding hydrogens is 382 g/mol. The van der Waals surface area contributed by atoms with Crippen LogP contribution in [0.5, 0.6) is 0 Å². The van der Waals surface area contributed by atoms with Crippen LogP contribution in [0.3, 0.4) is 0 Å². The predicted molar refractivity (Wildman–Crippen MR) is 115 cm³/mol. The van der Waals surface area contributed by atoms with Crippen LogP contribution in [0.1, 0.15) is 33.2 Å². The van der Waals surface area contributed by atoms with Gasteiger partial charge in [-0.2, -0.15) is 5.06 Å². The van der Waals surface area contributed by atoms with Gasteiger partial charge >= 0.3 is 0 Å². The molecule has 0 saturated heterocycles. The van der Waals surface area contributed by atoms with Gasteiger partial charge in [-0.15, -0.1) is 0 Å². The second-order valence-corrected chi connectivity index (χ2v) is 7.11. The fourth-order valence-electron chi connectivity index (χ4n) is 3.27. The van der Waals surface area contributed by atoms with Gasteiger partial charge in [0.05, 0.1) is 12.3 Å². The third-order valence-corrected chi connectivity index (χ3v) is 4.58. The van der Waals surface area contributed by atoms with Crippen LogP contribution in [0.25, 0.3) is 10.8 Å². The molecule has 3 aromatic rings. The zero-order chi connectivity index (χ0) is 21.7. The van der Waals surface area contributed by atoms with E-state index in [2.05, 4.69) is 11.0 Å². The van der Waals surface area contributed by atoms with Crippen molar-refractivity contribution in [2.45, 2.75) is 13.5 Å². The molecule has 0 aliphatic rings. The molecule has 0 aromatic heterocycles. The van der Waals surface area contributed by atoms with E-state index in [9.17, 15) is 9.59 Å². The number of amides is 2. The second-order valence-electron chi connectivity index (χ2n) is 7.11. The Morgan fingerprint density at radius 2 is 1.70 bits per heavy atom. The second kappa shape index (κ2) is 9.49. The van der Waals surface area contributed by atoms with Crippen molar-refractivity contribution in [2.24, 2.45) is 0 Å². The van der Waals surface area contributed by atoms with E-state index in [1.165, 1.54) is 34.9 Å². The van der Waals surface area contributed by atoms with E-state index >= 15 is 0 Å². The molecule has 30 heavy (non-hydrogen) atoms. The zero-order valence-corrected chi connectivity index (χ0v) is 17.3. The molecule has 0 saturated carbocycles. The summed E-state index contributed by atoms with van der Waals surface area (Å²) in [6.45, 7) is 2.95. The quantitative estimate of drug-likeness (QED) is 0.462. The molecule has 0 radical (unpaired) electrons. The van der Waals surface area contributed by atoms with Crippen LogP contribution in [0.2, 0.25) is 0 Å². The summed E-state index contributed by atoms with van der Waals surface area (Å²) in [7, 11) is 4.04. The average Bonchev–Trinajstić information content (AvgIpc) is 2.75. The maximum atomic E-state index is 13.2. The van der Waals surface area contributed by atoms with Gasteiger partial charge in [-0.05, 0) is 68.4 Å². The standard InChI is InChI=1S/C23H25N3O4/c1-4-30-26(23(28)18-11-9-17(10-12-18)22(27)24-29)21-7-5-6-19-14-16(15-25(2)3)8-13-20(19)21/h5-14,29H,4,15H2,1-3H3,(H,24,27). The van der Waals surface area contributed by atoms with E-state index in [0.717, 1.165) is 17.3 Å². The number of carbonyl (C=O) groups is 2. The number of benzene rings is 3. The van der Waals surface area contributed by atoms with Crippen LogP contribution in [-0.4, -0.2) is 42.6 Å². The van der Waals surface area contributed by atoms with Crippen molar-refractivity contribution < 1.29 is 19.6 Å². The zero-order valence-electron chi connectivity index (χ0n) is 17.3. The Morgan fingerprint density at radius 1 is 1.00 bits per heavy atom. The van der Waals surface area contributed by atoms with Gasteiger partial charge in [0.15, 0.2) is 0 Å². The minimum absolute atomic E-state index is 0.246. The Kier molecular flexibility index (Phi) is 6.79. The molecule has 0 heterocycles. The average molecular weight is 407 g/mol. The topological polar surface area (TPSA) is 82.1 Å². The molecule has 2 amide bonds. The van der Waals surface area contributed by atoms with E-state index in [1.54, 1.807) is 5.48 Å². The molecule has 7 nitrogen and oxygen atoms in total. The number of fused-ring (bicyclic) bond motifs is 1. The smallest absolute Gasteiger partial charge is 0.282 e. The molecule has 0 atom stereocenters. The summed E-state index contributed by atoms with van der Waals surface area (Å²) in [5.41, 5.74) is 4.00. The Morgan fingerprint density at radius 3 is 2.33 bits per heavy atom. The Labute approximate surface area is 175 Å². The predicted octanol–water partition coefficient (Wildman–Crippen LogP) is 3.62. The number of hydroxylamine groups is 2. The van der Waals surface area contributed by atoms with Crippen molar-refractivity contribution in [1.82, 2.24) is 10.4 Å². The summed E-state index contributed by atoms with van der Waals surface area (Å²) in [4.78, 5) is 32.5. The first-order chi connectivity index (χ1) is 14.4. The number of rotatable bonds is 7. The SMILES string of the molecule is CCON(C(=O)c1ccc(C(=O)NO)cc1)c1cccc2cc(CN(C)C)ccc12. The third-order valence-electron chi connectivity index (χ3n) is 4.58. The van der Waals surface area contributed by atoms with Gasteiger partial charge in [0.1, 0.15) is 0 Å². The van der Waals surface area contributed by atoms with Crippen LogP contribution < -0.4 is 10.5 Å². The van der Waals surface area contributed by atoms with Crippen LogP contribution in [0, 0.1) is 0 Å². The van der Waals surface area contributed by atoms with Gasteiger partial charge in [0.25, 0.3) is 11.8 Å². The summed E-state index contributed by atoms with van der Waals surface area (Å²) >= 11 is 0. The molecule has 7 heteroatoms. The van der Waals surface area contributed by atoms with E-state index in [1.807, 2.05) is 51.4 Å². The van der Waals surface area contributed by atoms with Gasteiger partial charge in [-0.3, -0.25) is 19.6 Å². The van der Waals surface area contributed by atoms with Crippen LogP contribution in [0.4, 0.5) is 5.69 Å². The lowest BCUT2D eigenvalue weighted by atomic mass is 10.0. The van der Waals surface area contributed by atoms with Gasteiger partial charge in [-0.25, -0.2) is 5.48 Å². The molecule has 3 rings (SSSR count). The summed E-state index contributed by atoms with van der Waals surface area (Å²) in [5.74, 6) is -0.990. The highest BCUT2D eigenvalue weighted by Gasteiger charge is 2.21. The number of nitrogens with zero attached hydrogens (tertiary/aromatic N) is 2. The lowest BCUT2D eigenvalue weighted by molar-refractivity contribution is 0.0679. The minimum atomic E-state index is -0.641. The fraction of sp³-hybridized carbons (Fsp3) is 0.217. The molecule has 0 bridgehead atoms. The first-order valence-electron chi connectivity index (χ1n) is 9.63. The molecule has 3 aromatic carbocycles. The van der Waals surface area contributed by atoms with E-state index in [4.69, 9.17) is 10.0 Å². The summed E-state index contributed by atoms with van der Waals surface area (Å²) in [5, 5.41) is 11.9. The minimum Gasteiger partial charge on any atom is -0.305 e. The van der Waals surface area contributed by atoms with Crippen molar-refractivity contribution >= 4 is 28.3 Å². The van der Waals surface area contributed by atoms with Crippen LogP contribution in [-0.2, 0) is 11.4 Å². The Balaban J connectivity index is 1.98. The largest absolute Gasteiger partial charge is 0.305 e. The summed E-state index contributed by atoms with van der Waals surface area (Å²) in [6, 6.07) is 17.9. The van der Waals surface area contributed by atoms with Crippen molar-refractivity contribution in [1.29, 1.82) is 0 Å². The van der Waals surface area contributed by atoms with Crippen molar-refractivity contribution in [3.63, 3.8) is 0 Å². The van der Waals surface area contributed by atoms with Crippen molar-refractivity contribution in [3.05, 3.63) is 77.4 Å². The number of anilines is 1. The molecule has 0 unspecified atom stereocenters. The molecule has 156 valence electrons. The van der Waals surface area contributed by atoms with Crippen LogP contribution >= 0.6 is 0 Å². The van der Waals surface area contributed by atoms with Gasteiger partial charge in [-0.1, -0.05) is 24.3 Å². The maximum absolute atomic E-state index is 13.2. The van der Waals surface area contributed by atoms with E-state index < -0.39 is 5.91 Å². The molecule has 2 N–H and O–H groups in total. The lowest BCUT2D eigenvalue weighted by Gasteiger charge is -2.23. The molecule has 0 aliphatic heterocycles. The molecular formula is C23H25N3O4. The first-order valence-corrected chi connectivity index (χ1v) is 9.63. The van der Waals surface area contributed by atoms with Crippen LogP contribution in [0.15, 0.2) is 60.7 Å². The number of hydrogen-bond acceptors (Lipinski definition) is 5. The number of nitrogens with one attached hydrogen (secondary N) is 1. The molecule has 0 aliphatic carbocycles. The summed E-state index contributed by atoms with van der Waals surface area (Å²) in [6.07, 6.45) is 0. The highest BCUT2D eigenvalue weighted by atomic mass is 16.7. The van der Waals surface area contributed by atoms with Gasteiger partial charge in [0, 0.05) is 23.1 Å².